The molecule has 0 aromatic rings. The summed E-state index contributed by atoms with van der Waals surface area (Å²) in [6.45, 7) is 13.4. The van der Waals surface area contributed by atoms with Crippen LogP contribution in [0.4, 0.5) is 0 Å². The Labute approximate surface area is 114 Å². The second kappa shape index (κ2) is 5.13. The van der Waals surface area contributed by atoms with E-state index in [-0.39, 0.29) is 0 Å². The number of hydrogen-bond donors (Lipinski definition) is 1. The molecule has 0 aromatic heterocycles. The zero-order chi connectivity index (χ0) is 13.5. The highest BCUT2D eigenvalue weighted by Crippen LogP contribution is 2.42. The first kappa shape index (κ1) is 14.3. The van der Waals surface area contributed by atoms with Crippen LogP contribution in [0.1, 0.15) is 53.9 Å². The van der Waals surface area contributed by atoms with Gasteiger partial charge in [-0.15, -0.1) is 0 Å². The summed E-state index contributed by atoms with van der Waals surface area (Å²) < 4.78 is 0. The monoisotopic (exact) mass is 252 g/mol. The molecule has 1 saturated carbocycles. The van der Waals surface area contributed by atoms with Gasteiger partial charge in [0.05, 0.1) is 0 Å². The summed E-state index contributed by atoms with van der Waals surface area (Å²) in [7, 11) is 2.15. The summed E-state index contributed by atoms with van der Waals surface area (Å²) in [5, 5.41) is 3.61. The van der Waals surface area contributed by atoms with Crippen molar-refractivity contribution in [2.24, 2.45) is 17.3 Å². The quantitative estimate of drug-likeness (QED) is 0.812. The molecule has 1 saturated heterocycles. The van der Waals surface area contributed by atoms with Gasteiger partial charge in [-0.05, 0) is 50.5 Å². The van der Waals surface area contributed by atoms with Crippen LogP contribution >= 0.6 is 0 Å². The number of piperidine rings is 1. The van der Waals surface area contributed by atoms with Gasteiger partial charge in [0, 0.05) is 24.7 Å². The molecule has 1 aliphatic carbocycles. The van der Waals surface area contributed by atoms with E-state index in [0.717, 1.165) is 23.9 Å². The van der Waals surface area contributed by atoms with Crippen molar-refractivity contribution in [3.8, 4) is 0 Å². The number of hydrogen-bond acceptors (Lipinski definition) is 2. The van der Waals surface area contributed by atoms with Crippen molar-refractivity contribution < 1.29 is 0 Å². The highest BCUT2D eigenvalue weighted by Gasteiger charge is 2.46. The largest absolute Gasteiger partial charge is 0.315 e. The molecule has 5 unspecified atom stereocenters. The number of rotatable bonds is 2. The van der Waals surface area contributed by atoms with Crippen molar-refractivity contribution in [3.05, 3.63) is 0 Å². The van der Waals surface area contributed by atoms with Gasteiger partial charge in [-0.25, -0.2) is 0 Å². The van der Waals surface area contributed by atoms with Gasteiger partial charge in [-0.1, -0.05) is 27.7 Å². The Morgan fingerprint density at radius 3 is 2.44 bits per heavy atom. The Morgan fingerprint density at radius 2 is 1.83 bits per heavy atom. The van der Waals surface area contributed by atoms with E-state index in [9.17, 15) is 0 Å². The minimum absolute atomic E-state index is 0.447. The first-order valence-electron chi connectivity index (χ1n) is 7.80. The van der Waals surface area contributed by atoms with E-state index in [2.05, 4.69) is 51.9 Å². The van der Waals surface area contributed by atoms with Crippen molar-refractivity contribution in [1.29, 1.82) is 0 Å². The summed E-state index contributed by atoms with van der Waals surface area (Å²) >= 11 is 0. The van der Waals surface area contributed by atoms with Crippen molar-refractivity contribution in [3.63, 3.8) is 0 Å². The van der Waals surface area contributed by atoms with Crippen LogP contribution in [-0.2, 0) is 0 Å². The number of likely N-dealkylation sites (tertiary alicyclic amines) is 1. The molecule has 5 atom stereocenters. The molecule has 106 valence electrons. The molecule has 1 N–H and O–H groups in total. The molecular weight excluding hydrogens is 220 g/mol. The van der Waals surface area contributed by atoms with Gasteiger partial charge in [0.2, 0.25) is 0 Å². The fourth-order valence-electron chi connectivity index (χ4n) is 4.50. The molecule has 18 heavy (non-hydrogen) atoms. The summed E-state index contributed by atoms with van der Waals surface area (Å²) in [6.07, 6.45) is 4.12. The van der Waals surface area contributed by atoms with Crippen molar-refractivity contribution >= 4 is 0 Å². The molecule has 0 amide bonds. The van der Waals surface area contributed by atoms with Crippen molar-refractivity contribution in [2.75, 3.05) is 13.6 Å². The number of nitrogens with one attached hydrogen (secondary N) is 1. The second-order valence-corrected chi connectivity index (χ2v) is 7.62. The maximum atomic E-state index is 3.61. The predicted molar refractivity (Wildman–Crippen MR) is 78.8 cm³/mol. The van der Waals surface area contributed by atoms with E-state index in [1.807, 2.05) is 0 Å². The van der Waals surface area contributed by atoms with Crippen LogP contribution in [0.15, 0.2) is 0 Å². The lowest BCUT2D eigenvalue weighted by Gasteiger charge is -2.47. The zero-order valence-electron chi connectivity index (χ0n) is 13.2. The summed E-state index contributed by atoms with van der Waals surface area (Å²) in [6, 6.07) is 2.14. The summed E-state index contributed by atoms with van der Waals surface area (Å²) in [5.41, 5.74) is 0.447. The molecule has 0 radical (unpaired) electrons. The highest BCUT2D eigenvalue weighted by atomic mass is 15.2. The third kappa shape index (κ3) is 2.46. The van der Waals surface area contributed by atoms with Crippen LogP contribution in [0.25, 0.3) is 0 Å². The van der Waals surface area contributed by atoms with Crippen LogP contribution in [0, 0.1) is 17.3 Å². The van der Waals surface area contributed by atoms with Crippen LogP contribution in [0.3, 0.4) is 0 Å². The molecule has 2 rings (SSSR count). The van der Waals surface area contributed by atoms with Gasteiger partial charge >= 0.3 is 0 Å². The Balaban J connectivity index is 2.15. The van der Waals surface area contributed by atoms with Crippen molar-refractivity contribution in [2.45, 2.75) is 72.0 Å². The maximum absolute atomic E-state index is 3.61. The van der Waals surface area contributed by atoms with Crippen molar-refractivity contribution in [1.82, 2.24) is 10.2 Å². The third-order valence-electron chi connectivity index (χ3n) is 5.69. The Hall–Kier alpha value is -0.0800. The molecule has 2 fully saturated rings. The molecule has 1 heterocycles. The van der Waals surface area contributed by atoms with Gasteiger partial charge in [0.15, 0.2) is 0 Å². The molecular formula is C16H32N2. The SMILES string of the molecule is CNC1C(N2CC(C)CC(C)C2C)CCC1(C)C. The molecule has 0 aromatic carbocycles. The van der Waals surface area contributed by atoms with E-state index in [0.29, 0.717) is 11.5 Å². The van der Waals surface area contributed by atoms with Crippen LogP contribution in [0.5, 0.6) is 0 Å². The first-order chi connectivity index (χ1) is 8.36. The fourth-order valence-corrected chi connectivity index (χ4v) is 4.50. The van der Waals surface area contributed by atoms with E-state index in [1.54, 1.807) is 0 Å². The second-order valence-electron chi connectivity index (χ2n) is 7.62. The topological polar surface area (TPSA) is 15.3 Å². The zero-order valence-corrected chi connectivity index (χ0v) is 13.2. The smallest absolute Gasteiger partial charge is 0.0271 e. The van der Waals surface area contributed by atoms with Gasteiger partial charge in [-0.3, -0.25) is 4.90 Å². The predicted octanol–water partition coefficient (Wildman–Crippen LogP) is 3.13. The first-order valence-corrected chi connectivity index (χ1v) is 7.80. The van der Waals surface area contributed by atoms with E-state index < -0.39 is 0 Å². The minimum Gasteiger partial charge on any atom is -0.315 e. The van der Waals surface area contributed by atoms with Crippen LogP contribution in [0.2, 0.25) is 0 Å². The van der Waals surface area contributed by atoms with E-state index in [1.165, 1.54) is 25.8 Å². The lowest BCUT2D eigenvalue weighted by molar-refractivity contribution is 0.0262. The molecule has 2 aliphatic rings. The van der Waals surface area contributed by atoms with Crippen LogP contribution in [-0.4, -0.2) is 36.6 Å². The Morgan fingerprint density at radius 1 is 1.17 bits per heavy atom. The number of likely N-dealkylation sites (N-methyl/N-ethyl adjacent to an activating group) is 1. The average Bonchev–Trinajstić information content (AvgIpc) is 2.58. The third-order valence-corrected chi connectivity index (χ3v) is 5.69. The van der Waals surface area contributed by atoms with Crippen LogP contribution < -0.4 is 5.32 Å². The molecule has 0 spiro atoms. The van der Waals surface area contributed by atoms with Gasteiger partial charge < -0.3 is 5.32 Å². The summed E-state index contributed by atoms with van der Waals surface area (Å²) in [4.78, 5) is 2.81. The molecule has 2 heteroatoms. The maximum Gasteiger partial charge on any atom is 0.0271 e. The van der Waals surface area contributed by atoms with Gasteiger partial charge in [0.25, 0.3) is 0 Å². The molecule has 0 bridgehead atoms. The van der Waals surface area contributed by atoms with Gasteiger partial charge in [-0.2, -0.15) is 0 Å². The highest BCUT2D eigenvalue weighted by molar-refractivity contribution is 5.02. The van der Waals surface area contributed by atoms with E-state index in [4.69, 9.17) is 0 Å². The summed E-state index contributed by atoms with van der Waals surface area (Å²) in [5.74, 6) is 1.70. The standard InChI is InChI=1S/C16H32N2/c1-11-9-12(2)13(3)18(10-11)14-7-8-16(4,5)15(14)17-6/h11-15,17H,7-10H2,1-6H3. The average molecular weight is 252 g/mol. The normalized spacial score (nSPS) is 45.3. The van der Waals surface area contributed by atoms with Gasteiger partial charge in [0.1, 0.15) is 0 Å². The lowest BCUT2D eigenvalue weighted by Crippen LogP contribution is -2.57. The fraction of sp³-hybridized carbons (Fsp3) is 1.00. The Bertz CT molecular complexity index is 287. The molecule has 2 nitrogen and oxygen atoms in total. The lowest BCUT2D eigenvalue weighted by atomic mass is 9.82. The van der Waals surface area contributed by atoms with E-state index >= 15 is 0 Å². The Kier molecular flexibility index (Phi) is 4.08. The minimum atomic E-state index is 0.447. The molecule has 1 aliphatic heterocycles. The number of nitrogens with zero attached hydrogens (tertiary/aromatic N) is 1.